The molecule has 20 heavy (non-hydrogen) atoms. The molecule has 0 unspecified atom stereocenters. The van der Waals surface area contributed by atoms with E-state index in [1.165, 1.54) is 24.1 Å². The molecule has 0 atom stereocenters. The van der Waals surface area contributed by atoms with Crippen molar-refractivity contribution in [1.29, 1.82) is 0 Å². The summed E-state index contributed by atoms with van der Waals surface area (Å²) in [7, 11) is 0. The summed E-state index contributed by atoms with van der Waals surface area (Å²) in [5.41, 5.74) is 1.92. The van der Waals surface area contributed by atoms with Crippen LogP contribution in [0.25, 0.3) is 0 Å². The van der Waals surface area contributed by atoms with Gasteiger partial charge in [-0.15, -0.1) is 0 Å². The lowest BCUT2D eigenvalue weighted by atomic mass is 9.98. The SMILES string of the molecule is CCC(CO)(CO)NCc1ccccc1N1CCCC1. The quantitative estimate of drug-likeness (QED) is 0.708. The Morgan fingerprint density at radius 2 is 1.80 bits per heavy atom. The molecule has 0 aliphatic carbocycles. The monoisotopic (exact) mass is 278 g/mol. The molecular weight excluding hydrogens is 252 g/mol. The highest BCUT2D eigenvalue weighted by Gasteiger charge is 2.26. The Balaban J connectivity index is 2.09. The van der Waals surface area contributed by atoms with Gasteiger partial charge >= 0.3 is 0 Å². The van der Waals surface area contributed by atoms with Crippen molar-refractivity contribution in [3.05, 3.63) is 29.8 Å². The molecule has 1 saturated heterocycles. The van der Waals surface area contributed by atoms with Crippen molar-refractivity contribution in [2.24, 2.45) is 0 Å². The van der Waals surface area contributed by atoms with Crippen molar-refractivity contribution in [2.45, 2.75) is 38.3 Å². The number of nitrogens with one attached hydrogen (secondary N) is 1. The average Bonchev–Trinajstić information content (AvgIpc) is 3.04. The lowest BCUT2D eigenvalue weighted by Crippen LogP contribution is -2.50. The molecule has 3 N–H and O–H groups in total. The number of hydrogen-bond donors (Lipinski definition) is 3. The van der Waals surface area contributed by atoms with Crippen LogP contribution in [-0.2, 0) is 6.54 Å². The fraction of sp³-hybridized carbons (Fsp3) is 0.625. The Bertz CT molecular complexity index is 404. The molecule has 1 aromatic carbocycles. The van der Waals surface area contributed by atoms with E-state index in [1.54, 1.807) is 0 Å². The lowest BCUT2D eigenvalue weighted by Gasteiger charge is -2.31. The average molecular weight is 278 g/mol. The third kappa shape index (κ3) is 3.32. The summed E-state index contributed by atoms with van der Waals surface area (Å²) in [5, 5.41) is 22.3. The van der Waals surface area contributed by atoms with E-state index in [0.717, 1.165) is 13.1 Å². The van der Waals surface area contributed by atoms with Crippen molar-refractivity contribution < 1.29 is 10.2 Å². The van der Waals surface area contributed by atoms with Gasteiger partial charge in [0.05, 0.1) is 18.8 Å². The van der Waals surface area contributed by atoms with Crippen LogP contribution in [0.3, 0.4) is 0 Å². The molecule has 1 heterocycles. The summed E-state index contributed by atoms with van der Waals surface area (Å²) in [6.45, 7) is 4.79. The normalized spacial score (nSPS) is 15.8. The van der Waals surface area contributed by atoms with Crippen LogP contribution in [-0.4, -0.2) is 42.1 Å². The minimum atomic E-state index is -0.585. The number of aliphatic hydroxyl groups excluding tert-OH is 2. The molecule has 1 fully saturated rings. The van der Waals surface area contributed by atoms with Gasteiger partial charge in [0.25, 0.3) is 0 Å². The van der Waals surface area contributed by atoms with Gasteiger partial charge in [0.15, 0.2) is 0 Å². The Hall–Kier alpha value is -1.10. The van der Waals surface area contributed by atoms with E-state index in [2.05, 4.69) is 28.4 Å². The number of aliphatic hydroxyl groups is 2. The molecule has 0 bridgehead atoms. The van der Waals surface area contributed by atoms with Gasteiger partial charge < -0.3 is 20.4 Å². The molecular formula is C16H26N2O2. The maximum Gasteiger partial charge on any atom is 0.0648 e. The van der Waals surface area contributed by atoms with Gasteiger partial charge in [-0.25, -0.2) is 0 Å². The number of para-hydroxylation sites is 1. The molecule has 4 nitrogen and oxygen atoms in total. The smallest absolute Gasteiger partial charge is 0.0648 e. The molecule has 1 aliphatic rings. The molecule has 112 valence electrons. The Morgan fingerprint density at radius 1 is 1.15 bits per heavy atom. The van der Waals surface area contributed by atoms with Crippen molar-refractivity contribution in [1.82, 2.24) is 5.32 Å². The van der Waals surface area contributed by atoms with E-state index < -0.39 is 5.54 Å². The van der Waals surface area contributed by atoms with E-state index in [-0.39, 0.29) is 13.2 Å². The Labute approximate surface area is 121 Å². The zero-order valence-corrected chi connectivity index (χ0v) is 12.3. The van der Waals surface area contributed by atoms with Crippen LogP contribution >= 0.6 is 0 Å². The van der Waals surface area contributed by atoms with Gasteiger partial charge in [0, 0.05) is 25.3 Å². The molecule has 2 rings (SSSR count). The third-order valence-corrected chi connectivity index (χ3v) is 4.37. The van der Waals surface area contributed by atoms with Gasteiger partial charge in [-0.1, -0.05) is 25.1 Å². The fourth-order valence-corrected chi connectivity index (χ4v) is 2.72. The van der Waals surface area contributed by atoms with Crippen LogP contribution in [0.15, 0.2) is 24.3 Å². The zero-order chi connectivity index (χ0) is 14.4. The van der Waals surface area contributed by atoms with Crippen LogP contribution in [0.4, 0.5) is 5.69 Å². The maximum absolute atomic E-state index is 9.50. The molecule has 1 aliphatic heterocycles. The number of rotatable bonds is 7. The van der Waals surface area contributed by atoms with E-state index in [0.29, 0.717) is 13.0 Å². The van der Waals surface area contributed by atoms with Gasteiger partial charge in [-0.05, 0) is 30.9 Å². The van der Waals surface area contributed by atoms with Gasteiger partial charge in [-0.2, -0.15) is 0 Å². The summed E-state index contributed by atoms with van der Waals surface area (Å²) in [6, 6.07) is 8.40. The number of benzene rings is 1. The lowest BCUT2D eigenvalue weighted by molar-refractivity contribution is 0.0864. The fourth-order valence-electron chi connectivity index (χ4n) is 2.72. The molecule has 0 amide bonds. The van der Waals surface area contributed by atoms with Gasteiger partial charge in [0.2, 0.25) is 0 Å². The minimum Gasteiger partial charge on any atom is -0.394 e. The van der Waals surface area contributed by atoms with E-state index >= 15 is 0 Å². The number of anilines is 1. The minimum absolute atomic E-state index is 0.0497. The Kier molecular flexibility index (Phi) is 5.40. The molecule has 0 spiro atoms. The van der Waals surface area contributed by atoms with Crippen LogP contribution in [0.1, 0.15) is 31.7 Å². The van der Waals surface area contributed by atoms with Crippen LogP contribution < -0.4 is 10.2 Å². The first kappa shape index (κ1) is 15.3. The van der Waals surface area contributed by atoms with Gasteiger partial charge in [0.1, 0.15) is 0 Å². The molecule has 1 aromatic rings. The summed E-state index contributed by atoms with van der Waals surface area (Å²) in [5.74, 6) is 0. The summed E-state index contributed by atoms with van der Waals surface area (Å²) in [6.07, 6.45) is 3.22. The second-order valence-electron chi connectivity index (χ2n) is 5.63. The van der Waals surface area contributed by atoms with Crippen molar-refractivity contribution in [2.75, 3.05) is 31.2 Å². The molecule has 0 aromatic heterocycles. The third-order valence-electron chi connectivity index (χ3n) is 4.37. The maximum atomic E-state index is 9.50. The predicted molar refractivity (Wildman–Crippen MR) is 81.9 cm³/mol. The highest BCUT2D eigenvalue weighted by molar-refractivity contribution is 5.54. The van der Waals surface area contributed by atoms with Crippen LogP contribution in [0.2, 0.25) is 0 Å². The topological polar surface area (TPSA) is 55.7 Å². The first-order valence-corrected chi connectivity index (χ1v) is 7.54. The highest BCUT2D eigenvalue weighted by atomic mass is 16.3. The van der Waals surface area contributed by atoms with Crippen molar-refractivity contribution >= 4 is 5.69 Å². The van der Waals surface area contributed by atoms with E-state index in [4.69, 9.17) is 0 Å². The predicted octanol–water partition coefficient (Wildman–Crippen LogP) is 1.51. The second-order valence-corrected chi connectivity index (χ2v) is 5.63. The summed E-state index contributed by atoms with van der Waals surface area (Å²) < 4.78 is 0. The van der Waals surface area contributed by atoms with E-state index in [9.17, 15) is 10.2 Å². The number of nitrogens with zero attached hydrogens (tertiary/aromatic N) is 1. The molecule has 4 heteroatoms. The molecule has 0 saturated carbocycles. The summed E-state index contributed by atoms with van der Waals surface area (Å²) in [4.78, 5) is 2.42. The largest absolute Gasteiger partial charge is 0.394 e. The first-order valence-electron chi connectivity index (χ1n) is 7.54. The molecule has 0 radical (unpaired) electrons. The van der Waals surface area contributed by atoms with Crippen molar-refractivity contribution in [3.8, 4) is 0 Å². The first-order chi connectivity index (χ1) is 9.74. The summed E-state index contributed by atoms with van der Waals surface area (Å²) >= 11 is 0. The van der Waals surface area contributed by atoms with Crippen LogP contribution in [0.5, 0.6) is 0 Å². The van der Waals surface area contributed by atoms with Crippen LogP contribution in [0, 0.1) is 0 Å². The zero-order valence-electron chi connectivity index (χ0n) is 12.3. The van der Waals surface area contributed by atoms with Gasteiger partial charge in [-0.3, -0.25) is 0 Å². The van der Waals surface area contributed by atoms with Crippen molar-refractivity contribution in [3.63, 3.8) is 0 Å². The highest BCUT2D eigenvalue weighted by Crippen LogP contribution is 2.25. The second kappa shape index (κ2) is 7.07. The number of hydrogen-bond acceptors (Lipinski definition) is 4. The standard InChI is InChI=1S/C16H26N2O2/c1-2-16(12-19,13-20)17-11-14-7-3-4-8-15(14)18-9-5-6-10-18/h3-4,7-8,17,19-20H,2,5-6,9-13H2,1H3. The van der Waals surface area contributed by atoms with E-state index in [1.807, 2.05) is 13.0 Å². The Morgan fingerprint density at radius 3 is 2.40 bits per heavy atom.